The van der Waals surface area contributed by atoms with Crippen LogP contribution in [0.4, 0.5) is 0 Å². The van der Waals surface area contributed by atoms with Gasteiger partial charge < -0.3 is 35.3 Å². The normalized spacial score (nSPS) is 10.4. The number of carbonyl (C=O) groups is 5. The first kappa shape index (κ1) is 99.4. The minimum atomic E-state index is -0.125. The molecule has 0 saturated carbocycles. The SMILES string of the molecule is CC(=O)C=C(C)O.CC(=O)C=C(C)O.CC(=O)C=C(C)O.CC(C)(C)c1c[c-]c(-c2ccccn2)cc1.O=C(c1c[c-]c(-c2ccccn2)cc1)c1ccccc1.O=C(c1ccccc1)c1ccc(-c2[c-]cccc2)nc1.[Ir].[Ir].[Ir].[Ir].[c-]1ccccc1-c1cc(-c2ccccc2)c2ccccc2n1.[c-]1ccccc1-c1nccc2ccccc12. The molecule has 3 N–H and O–H groups in total. The Labute approximate surface area is 751 Å². The smallest absolute Gasteiger partial charge is 0.194 e. The molecule has 0 fully saturated rings. The van der Waals surface area contributed by atoms with E-state index in [1.54, 1.807) is 42.9 Å². The maximum absolute atomic E-state index is 12.3. The summed E-state index contributed by atoms with van der Waals surface area (Å²) in [4.78, 5) is 76.7. The van der Waals surface area contributed by atoms with Crippen LogP contribution in [0.25, 0.3) is 89.1 Å². The molecule has 10 aromatic carbocycles. The molecule has 0 atom stereocenters. The number of aromatic nitrogens is 5. The average molecular weight is 2280 g/mol. The number of carbonyl (C=O) groups excluding carboxylic acids is 5. The maximum atomic E-state index is 12.3. The van der Waals surface area contributed by atoms with E-state index in [2.05, 4.69) is 150 Å². The van der Waals surface area contributed by atoms with E-state index in [9.17, 15) is 24.0 Å². The number of fused-ring (bicyclic) bond motifs is 2. The molecule has 0 spiro atoms. The third-order valence-electron chi connectivity index (χ3n) is 16.4. The van der Waals surface area contributed by atoms with Crippen LogP contribution in [0.5, 0.6) is 0 Å². The molecule has 15 rings (SSSR count). The molecule has 4 radical (unpaired) electrons. The standard InChI is InChI=1S/C21H14N.2C18H12NO.C15H10N.C15H16N.3C5H8O2.4Ir/c1-3-9-16(10-4-1)19-15-21(17-11-5-2-6-12-17)22-20-14-8-7-13-18(19)20;20-18(15-9-5-2-6-10-15)16-11-12-17(19-13-16)14-7-3-1-4-8-14;20-18(15-6-2-1-3-7-15)16-11-9-14(10-12-16)17-8-4-5-13-19-17;1-2-7-13(8-3-1)15-14-9-5-4-6-12(14)10-11-16-15;1-15(2,3)13-9-7-12(8-10-13)14-6-4-5-11-16-14;3*1-4(6)3-5(2)7;;;;/h1-11,13-15H;1-7,9-13H;1-9,11-13H;1-7,9-11H;4-7,9-11H,1-3H3;3*3,6H,1-2H3;;;;/q5*-1;;;;;;;. The molecule has 13 nitrogen and oxygen atoms in total. The van der Waals surface area contributed by atoms with Gasteiger partial charge in [0, 0.05) is 146 Å². The van der Waals surface area contributed by atoms with Crippen molar-refractivity contribution >= 4 is 50.6 Å². The maximum Gasteiger partial charge on any atom is 0.194 e. The number of pyridine rings is 5. The van der Waals surface area contributed by atoms with Crippen LogP contribution in [0.2, 0.25) is 0 Å². The van der Waals surface area contributed by atoms with Crippen LogP contribution in [0, 0.1) is 30.3 Å². The van der Waals surface area contributed by atoms with Crippen molar-refractivity contribution in [1.29, 1.82) is 0 Å². The topological polar surface area (TPSA) is 210 Å². The van der Waals surface area contributed by atoms with E-state index in [4.69, 9.17) is 20.3 Å². The fourth-order valence-corrected chi connectivity index (χ4v) is 11.1. The molecule has 0 aliphatic rings. The number of ketones is 5. The Morgan fingerprint density at radius 1 is 0.336 bits per heavy atom. The van der Waals surface area contributed by atoms with Crippen LogP contribution in [0.3, 0.4) is 0 Å². The fourth-order valence-electron chi connectivity index (χ4n) is 11.1. The molecule has 5 aromatic heterocycles. The number of rotatable bonds is 13. The molecule has 0 unspecified atom stereocenters. The summed E-state index contributed by atoms with van der Waals surface area (Å²) < 4.78 is 0. The van der Waals surface area contributed by atoms with Crippen LogP contribution in [0.15, 0.2) is 370 Å². The van der Waals surface area contributed by atoms with Gasteiger partial charge in [0.2, 0.25) is 0 Å². The Morgan fingerprint density at radius 3 is 1.17 bits per heavy atom. The molecular formula is C102H88Ir4N5O8-5. The minimum Gasteiger partial charge on any atom is -0.512 e. The van der Waals surface area contributed by atoms with Crippen molar-refractivity contribution in [1.82, 2.24) is 24.9 Å². The van der Waals surface area contributed by atoms with Crippen LogP contribution >= 0.6 is 0 Å². The molecule has 5 heterocycles. The molecule has 0 saturated heterocycles. The van der Waals surface area contributed by atoms with Crippen LogP contribution < -0.4 is 0 Å². The largest absolute Gasteiger partial charge is 0.512 e. The van der Waals surface area contributed by atoms with Crippen molar-refractivity contribution in [2.45, 2.75) is 67.7 Å². The van der Waals surface area contributed by atoms with Crippen molar-refractivity contribution in [3.05, 3.63) is 428 Å². The van der Waals surface area contributed by atoms with Crippen molar-refractivity contribution in [3.63, 3.8) is 0 Å². The van der Waals surface area contributed by atoms with Gasteiger partial charge in [-0.25, -0.2) is 0 Å². The summed E-state index contributed by atoms with van der Waals surface area (Å²) >= 11 is 0. The Balaban J connectivity index is 0.000000293. The third-order valence-corrected chi connectivity index (χ3v) is 16.4. The van der Waals surface area contributed by atoms with E-state index in [0.29, 0.717) is 22.3 Å². The van der Waals surface area contributed by atoms with Gasteiger partial charge in [0.15, 0.2) is 28.9 Å². The first-order valence-electron chi connectivity index (χ1n) is 36.9. The Bertz CT molecular complexity index is 5460. The second kappa shape index (κ2) is 52.7. The van der Waals surface area contributed by atoms with E-state index in [-0.39, 0.29) is 132 Å². The van der Waals surface area contributed by atoms with Gasteiger partial charge in [-0.05, 0) is 122 Å². The molecule has 0 bridgehead atoms. The van der Waals surface area contributed by atoms with E-state index in [1.165, 1.54) is 92.6 Å². The summed E-state index contributed by atoms with van der Waals surface area (Å²) in [6, 6.07) is 116. The van der Waals surface area contributed by atoms with E-state index >= 15 is 0 Å². The van der Waals surface area contributed by atoms with E-state index in [0.717, 1.165) is 61.8 Å². The van der Waals surface area contributed by atoms with Crippen molar-refractivity contribution in [2.24, 2.45) is 0 Å². The zero-order chi connectivity index (χ0) is 82.3. The van der Waals surface area contributed by atoms with Gasteiger partial charge >= 0.3 is 0 Å². The zero-order valence-corrected chi connectivity index (χ0v) is 76.5. The zero-order valence-electron chi connectivity index (χ0n) is 66.9. The number of aliphatic hydroxyl groups is 3. The molecular weight excluding hydrogens is 2190 g/mol. The summed E-state index contributed by atoms with van der Waals surface area (Å²) in [5.41, 5.74) is 17.0. The number of nitrogens with zero attached hydrogens (tertiary/aromatic N) is 5. The number of aliphatic hydroxyl groups excluding tert-OH is 3. The second-order valence-corrected chi connectivity index (χ2v) is 26.8. The third kappa shape index (κ3) is 33.9. The Morgan fingerprint density at radius 2 is 0.748 bits per heavy atom. The minimum absolute atomic E-state index is 0. The number of para-hydroxylation sites is 1. The quantitative estimate of drug-likeness (QED) is 0.0425. The number of allylic oxidation sites excluding steroid dienone is 6. The van der Waals surface area contributed by atoms with Crippen molar-refractivity contribution in [2.75, 3.05) is 0 Å². The second-order valence-electron chi connectivity index (χ2n) is 26.8. The summed E-state index contributed by atoms with van der Waals surface area (Å²) in [7, 11) is 0. The van der Waals surface area contributed by atoms with Gasteiger partial charge in [-0.3, -0.25) is 29.0 Å². The molecule has 119 heavy (non-hydrogen) atoms. The summed E-state index contributed by atoms with van der Waals surface area (Å²) in [6.45, 7) is 15.2. The van der Waals surface area contributed by atoms with E-state index < -0.39 is 0 Å². The number of benzene rings is 10. The van der Waals surface area contributed by atoms with Crippen molar-refractivity contribution in [3.8, 4) is 67.4 Å². The van der Waals surface area contributed by atoms with Gasteiger partial charge in [0.1, 0.15) is 0 Å². The number of hydrogen-bond acceptors (Lipinski definition) is 13. The van der Waals surface area contributed by atoms with Gasteiger partial charge in [-0.15, -0.1) is 173 Å². The summed E-state index contributed by atoms with van der Waals surface area (Å²) in [6.07, 6.45) is 10.5. The first-order chi connectivity index (χ1) is 55.5. The van der Waals surface area contributed by atoms with Gasteiger partial charge in [0.25, 0.3) is 0 Å². The van der Waals surface area contributed by atoms with Gasteiger partial charge in [-0.2, -0.15) is 0 Å². The predicted molar refractivity (Wildman–Crippen MR) is 463 cm³/mol. The molecule has 15 aromatic rings. The average Bonchev–Trinajstić information content (AvgIpc) is 0.783. The molecule has 0 aliphatic heterocycles. The molecule has 610 valence electrons. The summed E-state index contributed by atoms with van der Waals surface area (Å²) in [5, 5.41) is 28.6. The van der Waals surface area contributed by atoms with E-state index in [1.807, 2.05) is 212 Å². The van der Waals surface area contributed by atoms with Crippen LogP contribution in [-0.2, 0) is 100 Å². The molecule has 0 aliphatic carbocycles. The van der Waals surface area contributed by atoms with Crippen LogP contribution in [-0.4, -0.2) is 69.2 Å². The molecule has 17 heteroatoms. The molecule has 0 amide bonds. The monoisotopic (exact) mass is 2280 g/mol. The predicted octanol–water partition coefficient (Wildman–Crippen LogP) is 23.6. The summed E-state index contributed by atoms with van der Waals surface area (Å²) in [5.74, 6) is -0.191. The Kier molecular flexibility index (Phi) is 44.0. The first-order valence-corrected chi connectivity index (χ1v) is 36.9. The Hall–Kier alpha value is -12.0. The van der Waals surface area contributed by atoms with Crippen molar-refractivity contribution < 1.29 is 120 Å². The fraction of sp³-hybridized carbons (Fsp3) is 0.0980. The van der Waals surface area contributed by atoms with Gasteiger partial charge in [-0.1, -0.05) is 202 Å². The number of hydrogen-bond donors (Lipinski definition) is 3. The van der Waals surface area contributed by atoms with Gasteiger partial charge in [0.05, 0.1) is 22.8 Å². The van der Waals surface area contributed by atoms with Crippen LogP contribution in [0.1, 0.15) is 99.7 Å².